The van der Waals surface area contributed by atoms with E-state index in [0.717, 1.165) is 38.6 Å². The molecule has 1 fully saturated rings. The molecule has 0 radical (unpaired) electrons. The van der Waals surface area contributed by atoms with Crippen molar-refractivity contribution in [3.05, 3.63) is 53.9 Å². The number of aliphatic imine (C=N–C) groups is 1. The minimum absolute atomic E-state index is 0. The second-order valence-electron chi connectivity index (χ2n) is 7.26. The van der Waals surface area contributed by atoms with Gasteiger partial charge in [-0.05, 0) is 44.2 Å². The Bertz CT molecular complexity index is 706. The van der Waals surface area contributed by atoms with Gasteiger partial charge >= 0.3 is 0 Å². The van der Waals surface area contributed by atoms with Gasteiger partial charge in [0.2, 0.25) is 0 Å². The molecule has 0 amide bonds. The second-order valence-corrected chi connectivity index (χ2v) is 7.26. The van der Waals surface area contributed by atoms with E-state index in [2.05, 4.69) is 66.1 Å². The summed E-state index contributed by atoms with van der Waals surface area (Å²) in [6.07, 6.45) is 8.78. The second kappa shape index (κ2) is 10.7. The van der Waals surface area contributed by atoms with Crippen molar-refractivity contribution in [2.24, 2.45) is 4.99 Å². The number of halogens is 1. The Hall–Kier alpha value is -1.57. The van der Waals surface area contributed by atoms with E-state index in [4.69, 9.17) is 4.99 Å². The van der Waals surface area contributed by atoms with Crippen LogP contribution in [0, 0.1) is 6.92 Å². The zero-order valence-corrected chi connectivity index (χ0v) is 18.8. The molecule has 0 saturated heterocycles. The van der Waals surface area contributed by atoms with E-state index in [9.17, 15) is 0 Å². The van der Waals surface area contributed by atoms with Gasteiger partial charge in [-0.1, -0.05) is 36.8 Å². The van der Waals surface area contributed by atoms with Crippen LogP contribution in [0.4, 0.5) is 0 Å². The number of nitrogens with one attached hydrogen (secondary N) is 2. The molecular weight excluding hydrogens is 449 g/mol. The topological polar surface area (TPSA) is 54.2 Å². The lowest BCUT2D eigenvalue weighted by molar-refractivity contribution is 0.253. The minimum Gasteiger partial charge on any atom is -0.357 e. The van der Waals surface area contributed by atoms with Crippen LogP contribution in [0.1, 0.15) is 43.7 Å². The van der Waals surface area contributed by atoms with Crippen molar-refractivity contribution in [2.45, 2.75) is 51.5 Å². The zero-order valence-electron chi connectivity index (χ0n) is 16.4. The number of nitrogens with zero attached hydrogens (tertiary/aromatic N) is 3. The lowest BCUT2D eigenvalue weighted by Crippen LogP contribution is -2.42. The Morgan fingerprint density at radius 2 is 2.00 bits per heavy atom. The lowest BCUT2D eigenvalue weighted by atomic mass is 9.64. The lowest BCUT2D eigenvalue weighted by Gasteiger charge is -2.41. The summed E-state index contributed by atoms with van der Waals surface area (Å²) in [6, 6.07) is 10.9. The van der Waals surface area contributed by atoms with Gasteiger partial charge in [0.1, 0.15) is 0 Å². The van der Waals surface area contributed by atoms with Crippen LogP contribution in [0.2, 0.25) is 0 Å². The van der Waals surface area contributed by atoms with E-state index in [1.54, 1.807) is 0 Å². The number of guanidine groups is 1. The van der Waals surface area contributed by atoms with Crippen LogP contribution in [0.25, 0.3) is 0 Å². The first-order valence-corrected chi connectivity index (χ1v) is 9.79. The molecule has 1 heterocycles. The molecule has 3 rings (SSSR count). The maximum absolute atomic E-state index is 4.90. The summed E-state index contributed by atoms with van der Waals surface area (Å²) >= 11 is 0. The van der Waals surface area contributed by atoms with E-state index in [-0.39, 0.29) is 29.4 Å². The molecule has 1 aromatic carbocycles. The molecule has 6 heteroatoms. The van der Waals surface area contributed by atoms with Crippen LogP contribution >= 0.6 is 24.0 Å². The van der Waals surface area contributed by atoms with Gasteiger partial charge in [0.15, 0.2) is 5.96 Å². The van der Waals surface area contributed by atoms with Gasteiger partial charge in [0, 0.05) is 31.2 Å². The standard InChI is InChI=1S/C21H31N5.HI/c1-3-22-20(23-13-8-14-26-16-18(2)15-25-26)24-17-21(11-7-12-21)19-9-5-4-6-10-19;/h4-6,9-10,15-16H,3,7-8,11-14,17H2,1-2H3,(H2,22,23,24);1H. The van der Waals surface area contributed by atoms with Gasteiger partial charge < -0.3 is 10.6 Å². The molecule has 0 aliphatic heterocycles. The van der Waals surface area contributed by atoms with Crippen LogP contribution in [-0.4, -0.2) is 35.4 Å². The van der Waals surface area contributed by atoms with Gasteiger partial charge in [-0.3, -0.25) is 9.67 Å². The third kappa shape index (κ3) is 5.96. The van der Waals surface area contributed by atoms with Gasteiger partial charge in [-0.25, -0.2) is 0 Å². The van der Waals surface area contributed by atoms with Gasteiger partial charge in [-0.15, -0.1) is 24.0 Å². The summed E-state index contributed by atoms with van der Waals surface area (Å²) in [6.45, 7) is 7.73. The Labute approximate surface area is 180 Å². The molecule has 0 unspecified atom stereocenters. The minimum atomic E-state index is 0. The average Bonchev–Trinajstić information content (AvgIpc) is 3.04. The summed E-state index contributed by atoms with van der Waals surface area (Å²) in [7, 11) is 0. The quantitative estimate of drug-likeness (QED) is 0.261. The Balaban J connectivity index is 0.00000261. The average molecular weight is 481 g/mol. The van der Waals surface area contributed by atoms with Gasteiger partial charge in [0.25, 0.3) is 0 Å². The highest BCUT2D eigenvalue weighted by Crippen LogP contribution is 2.43. The Morgan fingerprint density at radius 1 is 1.22 bits per heavy atom. The van der Waals surface area contributed by atoms with Crippen molar-refractivity contribution in [3.8, 4) is 0 Å². The predicted molar refractivity (Wildman–Crippen MR) is 123 cm³/mol. The fraction of sp³-hybridized carbons (Fsp3) is 0.524. The molecule has 0 spiro atoms. The maximum Gasteiger partial charge on any atom is 0.191 e. The van der Waals surface area contributed by atoms with Crippen LogP contribution in [0.15, 0.2) is 47.7 Å². The van der Waals surface area contributed by atoms with Crippen LogP contribution in [0.5, 0.6) is 0 Å². The Kier molecular flexibility index (Phi) is 8.60. The largest absolute Gasteiger partial charge is 0.357 e. The van der Waals surface area contributed by atoms with Crippen molar-refractivity contribution in [2.75, 3.05) is 19.6 Å². The molecule has 5 nitrogen and oxygen atoms in total. The molecule has 1 aliphatic carbocycles. The van der Waals surface area contributed by atoms with Crippen LogP contribution in [-0.2, 0) is 12.0 Å². The van der Waals surface area contributed by atoms with E-state index in [1.165, 1.54) is 30.4 Å². The molecular formula is C21H32IN5. The highest BCUT2D eigenvalue weighted by Gasteiger charge is 2.38. The number of aromatic nitrogens is 2. The third-order valence-corrected chi connectivity index (χ3v) is 5.20. The summed E-state index contributed by atoms with van der Waals surface area (Å²) in [5.74, 6) is 0.923. The molecule has 0 bridgehead atoms. The maximum atomic E-state index is 4.90. The fourth-order valence-corrected chi connectivity index (χ4v) is 3.54. The SMILES string of the molecule is CCNC(=NCC1(c2ccccc2)CCC1)NCCCn1cc(C)cn1.I. The van der Waals surface area contributed by atoms with Crippen molar-refractivity contribution >= 4 is 29.9 Å². The van der Waals surface area contributed by atoms with Crippen molar-refractivity contribution in [3.63, 3.8) is 0 Å². The fourth-order valence-electron chi connectivity index (χ4n) is 3.54. The summed E-state index contributed by atoms with van der Waals surface area (Å²) < 4.78 is 2.00. The van der Waals surface area contributed by atoms with E-state index < -0.39 is 0 Å². The smallest absolute Gasteiger partial charge is 0.191 e. The molecule has 1 aliphatic rings. The molecule has 2 aromatic rings. The predicted octanol–water partition coefficient (Wildman–Crippen LogP) is 3.88. The number of aryl methyl sites for hydroxylation is 2. The monoisotopic (exact) mass is 481 g/mol. The number of benzene rings is 1. The molecule has 27 heavy (non-hydrogen) atoms. The van der Waals surface area contributed by atoms with Crippen molar-refractivity contribution in [1.29, 1.82) is 0 Å². The third-order valence-electron chi connectivity index (χ3n) is 5.20. The van der Waals surface area contributed by atoms with Crippen molar-refractivity contribution in [1.82, 2.24) is 20.4 Å². The first-order chi connectivity index (χ1) is 12.7. The first kappa shape index (κ1) is 21.7. The Morgan fingerprint density at radius 3 is 2.59 bits per heavy atom. The molecule has 1 aromatic heterocycles. The van der Waals surface area contributed by atoms with Crippen LogP contribution in [0.3, 0.4) is 0 Å². The molecule has 148 valence electrons. The normalized spacial score (nSPS) is 15.6. The van der Waals surface area contributed by atoms with E-state index in [1.807, 2.05) is 10.9 Å². The van der Waals surface area contributed by atoms with Crippen molar-refractivity contribution < 1.29 is 0 Å². The highest BCUT2D eigenvalue weighted by atomic mass is 127. The molecule has 1 saturated carbocycles. The number of rotatable bonds is 8. The summed E-state index contributed by atoms with van der Waals surface area (Å²) in [5, 5.41) is 11.2. The van der Waals surface area contributed by atoms with E-state index >= 15 is 0 Å². The van der Waals surface area contributed by atoms with Crippen LogP contribution < -0.4 is 10.6 Å². The number of hydrogen-bond donors (Lipinski definition) is 2. The van der Waals surface area contributed by atoms with E-state index in [0.29, 0.717) is 0 Å². The summed E-state index contributed by atoms with van der Waals surface area (Å²) in [5.41, 5.74) is 2.87. The number of hydrogen-bond acceptors (Lipinski definition) is 2. The summed E-state index contributed by atoms with van der Waals surface area (Å²) in [4.78, 5) is 4.90. The first-order valence-electron chi connectivity index (χ1n) is 9.79. The van der Waals surface area contributed by atoms with Gasteiger partial charge in [-0.2, -0.15) is 5.10 Å². The zero-order chi connectivity index (χ0) is 18.2. The highest BCUT2D eigenvalue weighted by molar-refractivity contribution is 14.0. The van der Waals surface area contributed by atoms with Gasteiger partial charge in [0.05, 0.1) is 12.7 Å². The molecule has 0 atom stereocenters. The molecule has 2 N–H and O–H groups in total.